The van der Waals surface area contributed by atoms with Crippen LogP contribution in [0.1, 0.15) is 19.3 Å². The number of hydrogen-bond donors (Lipinski definition) is 2. The van der Waals surface area contributed by atoms with Crippen LogP contribution in [0.25, 0.3) is 0 Å². The second-order valence-corrected chi connectivity index (χ2v) is 6.28. The van der Waals surface area contributed by atoms with Gasteiger partial charge in [-0.15, -0.1) is 0 Å². The fourth-order valence-electron chi connectivity index (χ4n) is 2.98. The Morgan fingerprint density at radius 2 is 2.12 bits per heavy atom. The maximum absolute atomic E-state index is 5.15. The molecule has 0 saturated carbocycles. The Morgan fingerprint density at radius 3 is 2.79 bits per heavy atom. The Morgan fingerprint density at radius 1 is 1.29 bits per heavy atom. The summed E-state index contributed by atoms with van der Waals surface area (Å²) in [6, 6.07) is 1.95. The predicted molar refractivity (Wildman–Crippen MR) is 97.2 cm³/mol. The molecule has 0 amide bonds. The van der Waals surface area contributed by atoms with Crippen molar-refractivity contribution in [3.63, 3.8) is 0 Å². The summed E-state index contributed by atoms with van der Waals surface area (Å²) in [5.74, 6) is 1.63. The highest BCUT2D eigenvalue weighted by molar-refractivity contribution is 5.79. The molecule has 0 radical (unpaired) electrons. The smallest absolute Gasteiger partial charge is 0.190 e. The number of aromatic nitrogens is 2. The van der Waals surface area contributed by atoms with Crippen molar-refractivity contribution in [2.45, 2.75) is 25.8 Å². The third kappa shape index (κ3) is 6.88. The van der Waals surface area contributed by atoms with Gasteiger partial charge in [-0.1, -0.05) is 0 Å². The molecule has 0 spiro atoms. The molecule has 2 rings (SSSR count). The fourth-order valence-corrected chi connectivity index (χ4v) is 2.98. The third-order valence-corrected chi connectivity index (χ3v) is 4.52. The molecule has 1 aliphatic heterocycles. The molecule has 0 bridgehead atoms. The summed E-state index contributed by atoms with van der Waals surface area (Å²) in [5.41, 5.74) is 0. The average Bonchev–Trinajstić information content (AvgIpc) is 3.13. The van der Waals surface area contributed by atoms with Gasteiger partial charge in [0, 0.05) is 52.7 Å². The van der Waals surface area contributed by atoms with Crippen molar-refractivity contribution >= 4 is 5.96 Å². The van der Waals surface area contributed by atoms with Crippen molar-refractivity contribution in [2.24, 2.45) is 10.9 Å². The van der Waals surface area contributed by atoms with Crippen LogP contribution in [0.5, 0.6) is 0 Å². The maximum Gasteiger partial charge on any atom is 0.190 e. The van der Waals surface area contributed by atoms with E-state index in [2.05, 4.69) is 25.6 Å². The van der Waals surface area contributed by atoms with Crippen LogP contribution in [0.15, 0.2) is 23.5 Å². The zero-order chi connectivity index (χ0) is 17.0. The molecule has 2 N–H and O–H groups in total. The van der Waals surface area contributed by atoms with E-state index < -0.39 is 0 Å². The zero-order valence-electron chi connectivity index (χ0n) is 15.1. The number of likely N-dealkylation sites (tertiary alicyclic amines) is 1. The Bertz CT molecular complexity index is 454. The summed E-state index contributed by atoms with van der Waals surface area (Å²) in [4.78, 5) is 6.80. The first kappa shape index (κ1) is 18.7. The minimum atomic E-state index is 0.728. The van der Waals surface area contributed by atoms with Crippen molar-refractivity contribution in [1.29, 1.82) is 0 Å². The van der Waals surface area contributed by atoms with Gasteiger partial charge in [0.25, 0.3) is 0 Å². The summed E-state index contributed by atoms with van der Waals surface area (Å²) < 4.78 is 7.11. The highest BCUT2D eigenvalue weighted by Crippen LogP contribution is 2.15. The second kappa shape index (κ2) is 11.0. The van der Waals surface area contributed by atoms with Crippen LogP contribution in [0.2, 0.25) is 0 Å². The molecule has 0 unspecified atom stereocenters. The van der Waals surface area contributed by atoms with E-state index in [9.17, 15) is 0 Å². The van der Waals surface area contributed by atoms with E-state index in [4.69, 9.17) is 4.74 Å². The molecule has 2 heterocycles. The molecule has 1 fully saturated rings. The quantitative estimate of drug-likeness (QED) is 0.397. The molecule has 7 nitrogen and oxygen atoms in total. The molecule has 0 atom stereocenters. The summed E-state index contributed by atoms with van der Waals surface area (Å²) >= 11 is 0. The standard InChI is InChI=1S/C17H32N6O/c1-18-17(19-7-3-9-23-10-4-8-21-23)20-15-16-5-11-22(12-6-16)13-14-24-2/h4,8,10,16H,3,5-7,9,11-15H2,1-2H3,(H2,18,19,20). The third-order valence-electron chi connectivity index (χ3n) is 4.52. The van der Waals surface area contributed by atoms with E-state index in [1.807, 2.05) is 30.2 Å². The minimum absolute atomic E-state index is 0.728. The van der Waals surface area contributed by atoms with Crippen LogP contribution in [0.3, 0.4) is 0 Å². The number of piperidine rings is 1. The van der Waals surface area contributed by atoms with Crippen LogP contribution in [0, 0.1) is 5.92 Å². The summed E-state index contributed by atoms with van der Waals surface area (Å²) in [7, 11) is 3.60. The van der Waals surface area contributed by atoms with Crippen LogP contribution < -0.4 is 10.6 Å². The number of aryl methyl sites for hydroxylation is 1. The number of rotatable bonds is 9. The van der Waals surface area contributed by atoms with Gasteiger partial charge in [0.2, 0.25) is 0 Å². The maximum atomic E-state index is 5.15. The van der Waals surface area contributed by atoms with Crippen LogP contribution >= 0.6 is 0 Å². The number of nitrogens with one attached hydrogen (secondary N) is 2. The van der Waals surface area contributed by atoms with E-state index in [1.165, 1.54) is 25.9 Å². The first-order valence-electron chi connectivity index (χ1n) is 8.95. The molecule has 1 aromatic heterocycles. The fraction of sp³-hybridized carbons (Fsp3) is 0.765. The number of hydrogen-bond acceptors (Lipinski definition) is 4. The number of ether oxygens (including phenoxy) is 1. The van der Waals surface area contributed by atoms with E-state index in [1.54, 1.807) is 7.11 Å². The van der Waals surface area contributed by atoms with E-state index in [0.717, 1.165) is 51.1 Å². The molecule has 136 valence electrons. The van der Waals surface area contributed by atoms with E-state index in [0.29, 0.717) is 0 Å². The van der Waals surface area contributed by atoms with Crippen molar-refractivity contribution in [3.05, 3.63) is 18.5 Å². The van der Waals surface area contributed by atoms with E-state index in [-0.39, 0.29) is 0 Å². The topological polar surface area (TPSA) is 66.7 Å². The molecule has 1 aliphatic rings. The van der Waals surface area contributed by atoms with Gasteiger partial charge in [-0.3, -0.25) is 9.67 Å². The summed E-state index contributed by atoms with van der Waals surface area (Å²) in [6.07, 6.45) is 7.32. The lowest BCUT2D eigenvalue weighted by atomic mass is 9.97. The Balaban J connectivity index is 1.55. The van der Waals surface area contributed by atoms with Gasteiger partial charge < -0.3 is 20.3 Å². The molecule has 1 aromatic rings. The lowest BCUT2D eigenvalue weighted by Crippen LogP contribution is -2.43. The van der Waals surface area contributed by atoms with Gasteiger partial charge in [0.15, 0.2) is 5.96 Å². The van der Waals surface area contributed by atoms with Gasteiger partial charge in [0.1, 0.15) is 0 Å². The number of guanidine groups is 1. The van der Waals surface area contributed by atoms with Gasteiger partial charge in [-0.05, 0) is 44.3 Å². The monoisotopic (exact) mass is 336 g/mol. The number of nitrogens with zero attached hydrogens (tertiary/aromatic N) is 4. The molecular formula is C17H32N6O. The van der Waals surface area contributed by atoms with Crippen LogP contribution in [-0.2, 0) is 11.3 Å². The lowest BCUT2D eigenvalue weighted by Gasteiger charge is -2.32. The van der Waals surface area contributed by atoms with Crippen molar-refractivity contribution < 1.29 is 4.74 Å². The van der Waals surface area contributed by atoms with Crippen LogP contribution in [0.4, 0.5) is 0 Å². The largest absolute Gasteiger partial charge is 0.383 e. The van der Waals surface area contributed by atoms with Crippen LogP contribution in [-0.4, -0.2) is 74.1 Å². The van der Waals surface area contributed by atoms with Gasteiger partial charge in [-0.25, -0.2) is 0 Å². The van der Waals surface area contributed by atoms with Crippen molar-refractivity contribution in [2.75, 3.05) is 53.5 Å². The Kier molecular flexibility index (Phi) is 8.62. The van der Waals surface area contributed by atoms with Crippen molar-refractivity contribution in [3.8, 4) is 0 Å². The molecule has 1 saturated heterocycles. The zero-order valence-corrected chi connectivity index (χ0v) is 15.1. The predicted octanol–water partition coefficient (Wildman–Crippen LogP) is 0.797. The van der Waals surface area contributed by atoms with Gasteiger partial charge in [0.05, 0.1) is 6.61 Å². The first-order chi connectivity index (χ1) is 11.8. The average molecular weight is 336 g/mol. The summed E-state index contributed by atoms with van der Waals surface area (Å²) in [5, 5.41) is 11.0. The molecule has 0 aromatic carbocycles. The number of methoxy groups -OCH3 is 1. The van der Waals surface area contributed by atoms with Crippen molar-refractivity contribution in [1.82, 2.24) is 25.3 Å². The molecular weight excluding hydrogens is 304 g/mol. The number of aliphatic imine (C=N–C) groups is 1. The molecule has 24 heavy (non-hydrogen) atoms. The lowest BCUT2D eigenvalue weighted by molar-refractivity contribution is 0.121. The highest BCUT2D eigenvalue weighted by atomic mass is 16.5. The molecule has 0 aliphatic carbocycles. The van der Waals surface area contributed by atoms with E-state index >= 15 is 0 Å². The highest BCUT2D eigenvalue weighted by Gasteiger charge is 2.18. The van der Waals surface area contributed by atoms with Gasteiger partial charge in [-0.2, -0.15) is 5.10 Å². The normalized spacial score (nSPS) is 17.2. The Hall–Kier alpha value is -1.60. The Labute approximate surface area is 145 Å². The first-order valence-corrected chi connectivity index (χ1v) is 8.95. The summed E-state index contributed by atoms with van der Waals surface area (Å²) in [6.45, 7) is 7.05. The van der Waals surface area contributed by atoms with Gasteiger partial charge >= 0.3 is 0 Å². The SMILES string of the molecule is CN=C(NCCCn1cccn1)NCC1CCN(CCOC)CC1. The second-order valence-electron chi connectivity index (χ2n) is 6.28. The molecule has 7 heteroatoms. The minimum Gasteiger partial charge on any atom is -0.383 e.